The van der Waals surface area contributed by atoms with Gasteiger partial charge in [0.05, 0.1) is 17.6 Å². The molecule has 1 aliphatic rings. The summed E-state index contributed by atoms with van der Waals surface area (Å²) in [4.78, 5) is 0. The second-order valence-electron chi connectivity index (χ2n) is 6.50. The topological polar surface area (TPSA) is 90.5 Å². The van der Waals surface area contributed by atoms with Crippen LogP contribution in [0.5, 0.6) is 0 Å². The molecule has 1 atom stereocenters. The Labute approximate surface area is 148 Å². The number of benzene rings is 1. The number of H-pyrrole nitrogens is 1. The first-order chi connectivity index (χ1) is 12.0. The van der Waals surface area contributed by atoms with Crippen LogP contribution in [0.3, 0.4) is 0 Å². The van der Waals surface area contributed by atoms with Crippen molar-refractivity contribution in [2.45, 2.75) is 52.9 Å². The third-order valence-electron chi connectivity index (χ3n) is 5.11. The zero-order chi connectivity index (χ0) is 18.1. The van der Waals surface area contributed by atoms with E-state index < -0.39 is 0 Å². The number of aryl methyl sites for hydroxylation is 4. The summed E-state index contributed by atoms with van der Waals surface area (Å²) in [6.07, 6.45) is 2.85. The van der Waals surface area contributed by atoms with E-state index in [-0.39, 0.29) is 5.92 Å². The fraction of sp³-hybridized carbons (Fsp3) is 0.400. The fourth-order valence-corrected chi connectivity index (χ4v) is 3.81. The highest BCUT2D eigenvalue weighted by Crippen LogP contribution is 2.44. The van der Waals surface area contributed by atoms with Crippen LogP contribution >= 0.6 is 0 Å². The Morgan fingerprint density at radius 2 is 1.76 bits per heavy atom. The molecule has 130 valence electrons. The summed E-state index contributed by atoms with van der Waals surface area (Å²) < 4.78 is 0. The minimum absolute atomic E-state index is 0.171. The van der Waals surface area contributed by atoms with E-state index in [9.17, 15) is 5.26 Å². The van der Waals surface area contributed by atoms with Gasteiger partial charge in [0.25, 0.3) is 0 Å². The van der Waals surface area contributed by atoms with E-state index >= 15 is 0 Å². The minimum Gasteiger partial charge on any atom is -0.384 e. The summed E-state index contributed by atoms with van der Waals surface area (Å²) in [6.45, 7) is 8.51. The Morgan fingerprint density at radius 1 is 1.12 bits per heavy atom. The van der Waals surface area contributed by atoms with Crippen LogP contribution in [-0.4, -0.2) is 10.2 Å². The first kappa shape index (κ1) is 17.1. The van der Waals surface area contributed by atoms with Crippen LogP contribution in [0.1, 0.15) is 60.2 Å². The van der Waals surface area contributed by atoms with Gasteiger partial charge in [0.15, 0.2) is 5.82 Å². The number of hydrogen-bond donors (Lipinski definition) is 3. The molecule has 0 saturated carbocycles. The minimum atomic E-state index is -0.171. The van der Waals surface area contributed by atoms with Crippen LogP contribution in [-0.2, 0) is 19.3 Å². The Kier molecular flexibility index (Phi) is 4.54. The predicted molar refractivity (Wildman–Crippen MR) is 100 cm³/mol. The zero-order valence-electron chi connectivity index (χ0n) is 15.3. The molecule has 2 aromatic rings. The van der Waals surface area contributed by atoms with Crippen LogP contribution in [0.15, 0.2) is 23.5 Å². The molecule has 1 aliphatic heterocycles. The quantitative estimate of drug-likeness (QED) is 0.795. The lowest BCUT2D eigenvalue weighted by atomic mass is 9.77. The number of aromatic amines is 1. The highest BCUT2D eigenvalue weighted by atomic mass is 15.2. The van der Waals surface area contributed by atoms with Gasteiger partial charge in [-0.05, 0) is 48.4 Å². The zero-order valence-corrected chi connectivity index (χ0v) is 15.3. The summed E-state index contributed by atoms with van der Waals surface area (Å²) in [5, 5.41) is 20.3. The van der Waals surface area contributed by atoms with Crippen molar-refractivity contribution in [1.82, 2.24) is 10.2 Å². The maximum Gasteiger partial charge on any atom is 0.157 e. The highest BCUT2D eigenvalue weighted by molar-refractivity contribution is 5.67. The average Bonchev–Trinajstić information content (AvgIpc) is 2.99. The average molecular weight is 335 g/mol. The van der Waals surface area contributed by atoms with Crippen molar-refractivity contribution in [3.05, 3.63) is 57.0 Å². The van der Waals surface area contributed by atoms with Gasteiger partial charge in [0, 0.05) is 11.3 Å². The number of aromatic nitrogens is 2. The molecule has 0 amide bonds. The third-order valence-corrected chi connectivity index (χ3v) is 5.11. The Bertz CT molecular complexity index is 857. The molecule has 1 aromatic heterocycles. The van der Waals surface area contributed by atoms with Crippen LogP contribution < -0.4 is 11.1 Å². The van der Waals surface area contributed by atoms with Crippen molar-refractivity contribution in [3.63, 3.8) is 0 Å². The van der Waals surface area contributed by atoms with E-state index in [4.69, 9.17) is 5.73 Å². The molecule has 0 saturated heterocycles. The number of nitriles is 1. The maximum absolute atomic E-state index is 9.82. The molecule has 1 aromatic carbocycles. The Morgan fingerprint density at radius 3 is 2.28 bits per heavy atom. The number of rotatable bonds is 4. The third kappa shape index (κ3) is 2.68. The van der Waals surface area contributed by atoms with Gasteiger partial charge in [0.2, 0.25) is 0 Å². The summed E-state index contributed by atoms with van der Waals surface area (Å²) >= 11 is 0. The van der Waals surface area contributed by atoms with Gasteiger partial charge < -0.3 is 11.1 Å². The van der Waals surface area contributed by atoms with E-state index in [2.05, 4.69) is 54.5 Å². The molecular weight excluding hydrogens is 310 g/mol. The first-order valence-electron chi connectivity index (χ1n) is 8.91. The van der Waals surface area contributed by atoms with E-state index in [1.54, 1.807) is 0 Å². The second-order valence-corrected chi connectivity index (χ2v) is 6.50. The lowest BCUT2D eigenvalue weighted by Gasteiger charge is -2.29. The van der Waals surface area contributed by atoms with Crippen molar-refractivity contribution in [2.24, 2.45) is 5.73 Å². The van der Waals surface area contributed by atoms with E-state index in [1.807, 2.05) is 6.92 Å². The molecule has 2 heterocycles. The number of nitrogens with two attached hydrogens (primary N) is 1. The number of anilines is 1. The van der Waals surface area contributed by atoms with Gasteiger partial charge in [-0.25, -0.2) is 0 Å². The molecule has 0 unspecified atom stereocenters. The summed E-state index contributed by atoms with van der Waals surface area (Å²) in [7, 11) is 0. The van der Waals surface area contributed by atoms with E-state index in [0.29, 0.717) is 11.4 Å². The molecule has 0 fully saturated rings. The largest absolute Gasteiger partial charge is 0.384 e. The Balaban J connectivity index is 2.34. The molecule has 3 rings (SSSR count). The lowest BCUT2D eigenvalue weighted by molar-refractivity contribution is 0.868. The van der Waals surface area contributed by atoms with Crippen molar-refractivity contribution in [3.8, 4) is 6.07 Å². The van der Waals surface area contributed by atoms with Gasteiger partial charge in [-0.1, -0.05) is 32.9 Å². The molecule has 5 heteroatoms. The van der Waals surface area contributed by atoms with Crippen molar-refractivity contribution in [1.29, 1.82) is 5.26 Å². The maximum atomic E-state index is 9.82. The SMILES string of the molecule is CCc1cc(CC)c([C@@H]2C(C#N)=C(N)Nc3n[nH]c(C)c32)c(CC)c1. The molecule has 0 bridgehead atoms. The molecular formula is C20H25N5. The predicted octanol–water partition coefficient (Wildman–Crippen LogP) is 3.66. The standard InChI is InChI=1S/C20H25N5/c1-5-12-8-13(6-2)17(14(7-3)9-12)18-15(10-21)19(22)23-20-16(18)11(4)24-25-20/h8-9,18H,5-7,22H2,1-4H3,(H2,23,24,25)/t18-/m1/s1. The van der Waals surface area contributed by atoms with Crippen LogP contribution in [0.4, 0.5) is 5.82 Å². The highest BCUT2D eigenvalue weighted by Gasteiger charge is 2.34. The second kappa shape index (κ2) is 6.64. The fourth-order valence-electron chi connectivity index (χ4n) is 3.81. The van der Waals surface area contributed by atoms with Crippen LogP contribution in [0, 0.1) is 18.3 Å². The lowest BCUT2D eigenvalue weighted by Crippen LogP contribution is -2.24. The van der Waals surface area contributed by atoms with Gasteiger partial charge in [-0.3, -0.25) is 5.10 Å². The molecule has 0 spiro atoms. The number of fused-ring (bicyclic) bond motifs is 1. The van der Waals surface area contributed by atoms with Crippen molar-refractivity contribution in [2.75, 3.05) is 5.32 Å². The number of nitrogens with one attached hydrogen (secondary N) is 2. The number of nitrogens with zero attached hydrogens (tertiary/aromatic N) is 2. The summed E-state index contributed by atoms with van der Waals surface area (Å²) in [6, 6.07) is 6.89. The molecule has 25 heavy (non-hydrogen) atoms. The molecule has 4 N–H and O–H groups in total. The van der Waals surface area contributed by atoms with Crippen LogP contribution in [0.2, 0.25) is 0 Å². The summed E-state index contributed by atoms with van der Waals surface area (Å²) in [5.41, 5.74) is 13.9. The smallest absolute Gasteiger partial charge is 0.157 e. The summed E-state index contributed by atoms with van der Waals surface area (Å²) in [5.74, 6) is 0.952. The van der Waals surface area contributed by atoms with Crippen LogP contribution in [0.25, 0.3) is 0 Å². The van der Waals surface area contributed by atoms with E-state index in [1.165, 1.54) is 22.3 Å². The van der Waals surface area contributed by atoms with Crippen molar-refractivity contribution >= 4 is 5.82 Å². The van der Waals surface area contributed by atoms with Gasteiger partial charge in [-0.2, -0.15) is 10.4 Å². The number of hydrogen-bond acceptors (Lipinski definition) is 4. The first-order valence-corrected chi connectivity index (χ1v) is 8.91. The van der Waals surface area contributed by atoms with Crippen molar-refractivity contribution < 1.29 is 0 Å². The Hall–Kier alpha value is -2.74. The van der Waals surface area contributed by atoms with Gasteiger partial charge in [0.1, 0.15) is 5.82 Å². The van der Waals surface area contributed by atoms with Gasteiger partial charge in [-0.15, -0.1) is 0 Å². The normalized spacial score (nSPS) is 16.4. The van der Waals surface area contributed by atoms with Gasteiger partial charge >= 0.3 is 0 Å². The molecule has 0 aliphatic carbocycles. The van der Waals surface area contributed by atoms with E-state index in [0.717, 1.165) is 36.3 Å². The number of allylic oxidation sites excluding steroid dienone is 1. The molecule has 5 nitrogen and oxygen atoms in total. The monoisotopic (exact) mass is 335 g/mol. The molecule has 0 radical (unpaired) electrons.